The van der Waals surface area contributed by atoms with Gasteiger partial charge in [-0.25, -0.2) is 9.97 Å². The zero-order valence-corrected chi connectivity index (χ0v) is 15.8. The molecule has 0 saturated heterocycles. The van der Waals surface area contributed by atoms with Crippen LogP contribution in [0.25, 0.3) is 10.2 Å². The Bertz CT molecular complexity index is 850. The third-order valence-electron chi connectivity index (χ3n) is 4.74. The highest BCUT2D eigenvalue weighted by Gasteiger charge is 2.19. The van der Waals surface area contributed by atoms with E-state index >= 15 is 0 Å². The molecular weight excluding hydrogens is 332 g/mol. The molecule has 0 aliphatic heterocycles. The highest BCUT2D eigenvalue weighted by atomic mass is 32.2. The normalized spacial score (nSPS) is 14.3. The van der Waals surface area contributed by atoms with Gasteiger partial charge in [-0.1, -0.05) is 38.1 Å². The first-order valence-corrected chi connectivity index (χ1v) is 10.5. The van der Waals surface area contributed by atoms with E-state index in [2.05, 4.69) is 48.1 Å². The lowest BCUT2D eigenvalue weighted by Crippen LogP contribution is -1.99. The van der Waals surface area contributed by atoms with Crippen LogP contribution >= 0.6 is 23.1 Å². The van der Waals surface area contributed by atoms with Crippen molar-refractivity contribution < 1.29 is 0 Å². The molecule has 2 heterocycles. The van der Waals surface area contributed by atoms with Crippen LogP contribution in [0.1, 0.15) is 54.2 Å². The second kappa shape index (κ2) is 6.85. The van der Waals surface area contributed by atoms with Crippen LogP contribution < -0.4 is 0 Å². The molecule has 1 aromatic carbocycles. The van der Waals surface area contributed by atoms with Crippen molar-refractivity contribution in [1.82, 2.24) is 9.97 Å². The predicted molar refractivity (Wildman–Crippen MR) is 104 cm³/mol. The Hall–Kier alpha value is -1.39. The van der Waals surface area contributed by atoms with Crippen molar-refractivity contribution in [2.75, 3.05) is 0 Å². The maximum Gasteiger partial charge on any atom is 0.128 e. The van der Waals surface area contributed by atoms with Gasteiger partial charge in [0.25, 0.3) is 0 Å². The number of aromatic nitrogens is 2. The Balaban J connectivity index is 1.59. The quantitative estimate of drug-likeness (QED) is 0.425. The minimum absolute atomic E-state index is 0.588. The van der Waals surface area contributed by atoms with E-state index in [-0.39, 0.29) is 0 Å². The van der Waals surface area contributed by atoms with Crippen LogP contribution in [0.4, 0.5) is 0 Å². The topological polar surface area (TPSA) is 25.8 Å². The molecule has 1 aliphatic carbocycles. The molecule has 2 aromatic heterocycles. The van der Waals surface area contributed by atoms with Gasteiger partial charge in [0.05, 0.1) is 0 Å². The Kier molecular flexibility index (Phi) is 4.59. The Morgan fingerprint density at radius 3 is 2.67 bits per heavy atom. The van der Waals surface area contributed by atoms with Gasteiger partial charge in [-0.2, -0.15) is 0 Å². The van der Waals surface area contributed by atoms with Gasteiger partial charge in [0.15, 0.2) is 0 Å². The number of thiophene rings is 1. The van der Waals surface area contributed by atoms with Crippen molar-refractivity contribution in [2.24, 2.45) is 0 Å². The molecule has 1 aliphatic rings. The van der Waals surface area contributed by atoms with Gasteiger partial charge in [-0.15, -0.1) is 23.1 Å². The third-order valence-corrected chi connectivity index (χ3v) is 7.00. The third kappa shape index (κ3) is 3.09. The van der Waals surface area contributed by atoms with Gasteiger partial charge in [0.2, 0.25) is 0 Å². The van der Waals surface area contributed by atoms with Crippen LogP contribution in [-0.4, -0.2) is 9.97 Å². The van der Waals surface area contributed by atoms with Crippen LogP contribution in [0.3, 0.4) is 0 Å². The van der Waals surface area contributed by atoms with E-state index in [0.717, 1.165) is 10.8 Å². The van der Waals surface area contributed by atoms with Gasteiger partial charge in [0.1, 0.15) is 16.2 Å². The summed E-state index contributed by atoms with van der Waals surface area (Å²) in [5, 5.41) is 2.49. The summed E-state index contributed by atoms with van der Waals surface area (Å²) in [6.45, 7) is 4.47. The minimum Gasteiger partial charge on any atom is -0.229 e. The van der Waals surface area contributed by atoms with Crippen LogP contribution in [-0.2, 0) is 18.6 Å². The molecular formula is C20H22N2S2. The zero-order valence-electron chi connectivity index (χ0n) is 14.2. The summed E-state index contributed by atoms with van der Waals surface area (Å²) in [6.07, 6.45) is 6.76. The van der Waals surface area contributed by atoms with Crippen molar-refractivity contribution in [1.29, 1.82) is 0 Å². The van der Waals surface area contributed by atoms with Crippen LogP contribution in [0.5, 0.6) is 0 Å². The predicted octanol–water partition coefficient (Wildman–Crippen LogP) is 5.99. The van der Waals surface area contributed by atoms with Gasteiger partial charge >= 0.3 is 0 Å². The maximum absolute atomic E-state index is 4.61. The van der Waals surface area contributed by atoms with E-state index in [1.165, 1.54) is 52.6 Å². The molecule has 4 heteroatoms. The van der Waals surface area contributed by atoms with Crippen molar-refractivity contribution in [3.63, 3.8) is 0 Å². The first-order chi connectivity index (χ1) is 11.7. The number of benzene rings is 1. The highest BCUT2D eigenvalue weighted by molar-refractivity contribution is 7.98. The molecule has 2 nitrogen and oxygen atoms in total. The smallest absolute Gasteiger partial charge is 0.128 e. The number of rotatable bonds is 4. The number of fused-ring (bicyclic) bond motifs is 3. The van der Waals surface area contributed by atoms with Crippen molar-refractivity contribution in [3.8, 4) is 0 Å². The monoisotopic (exact) mass is 354 g/mol. The molecule has 0 bridgehead atoms. The average Bonchev–Trinajstić information content (AvgIpc) is 2.99. The number of hydrogen-bond donors (Lipinski definition) is 0. The maximum atomic E-state index is 4.61. The molecule has 0 atom stereocenters. The Morgan fingerprint density at radius 2 is 1.88 bits per heavy atom. The molecule has 0 spiro atoms. The van der Waals surface area contributed by atoms with E-state index in [9.17, 15) is 0 Å². The summed E-state index contributed by atoms with van der Waals surface area (Å²) in [7, 11) is 0. The summed E-state index contributed by atoms with van der Waals surface area (Å²) in [4.78, 5) is 11.9. The SMILES string of the molecule is CC(C)c1ccc(CSc2ncnc3sc4c(c23)CCCC4)cc1. The lowest BCUT2D eigenvalue weighted by Gasteiger charge is -2.11. The van der Waals surface area contributed by atoms with Crippen molar-refractivity contribution >= 4 is 33.3 Å². The van der Waals surface area contributed by atoms with Gasteiger partial charge < -0.3 is 0 Å². The van der Waals surface area contributed by atoms with Gasteiger partial charge in [-0.3, -0.25) is 0 Å². The number of aryl methyl sites for hydroxylation is 2. The van der Waals surface area contributed by atoms with Crippen LogP contribution in [0.15, 0.2) is 35.6 Å². The van der Waals surface area contributed by atoms with E-state index < -0.39 is 0 Å². The lowest BCUT2D eigenvalue weighted by atomic mass is 9.97. The molecule has 124 valence electrons. The van der Waals surface area contributed by atoms with Gasteiger partial charge in [0, 0.05) is 16.0 Å². The molecule has 0 radical (unpaired) electrons. The highest BCUT2D eigenvalue weighted by Crippen LogP contribution is 2.39. The van der Waals surface area contributed by atoms with Crippen LogP contribution in [0, 0.1) is 0 Å². The second-order valence-corrected chi connectivity index (χ2v) is 8.80. The molecule has 0 saturated carbocycles. The van der Waals surface area contributed by atoms with Gasteiger partial charge in [-0.05, 0) is 48.3 Å². The summed E-state index contributed by atoms with van der Waals surface area (Å²) >= 11 is 3.73. The molecule has 0 N–H and O–H groups in total. The first-order valence-electron chi connectivity index (χ1n) is 8.69. The molecule has 3 aromatic rings. The fourth-order valence-electron chi connectivity index (χ4n) is 3.32. The summed E-state index contributed by atoms with van der Waals surface area (Å²) < 4.78 is 0. The minimum atomic E-state index is 0.588. The fraction of sp³-hybridized carbons (Fsp3) is 0.400. The zero-order chi connectivity index (χ0) is 16.5. The Labute approximate surface area is 151 Å². The number of nitrogens with zero attached hydrogens (tertiary/aromatic N) is 2. The van der Waals surface area contributed by atoms with E-state index in [1.807, 2.05) is 23.1 Å². The van der Waals surface area contributed by atoms with Crippen molar-refractivity contribution in [3.05, 3.63) is 52.2 Å². The molecule has 4 rings (SSSR count). The number of thioether (sulfide) groups is 1. The molecule has 0 fully saturated rings. The summed E-state index contributed by atoms with van der Waals surface area (Å²) in [5.74, 6) is 1.56. The summed E-state index contributed by atoms with van der Waals surface area (Å²) in [6, 6.07) is 9.01. The second-order valence-electron chi connectivity index (χ2n) is 6.75. The largest absolute Gasteiger partial charge is 0.229 e. The average molecular weight is 355 g/mol. The van der Waals surface area contributed by atoms with Crippen molar-refractivity contribution in [2.45, 2.75) is 56.2 Å². The van der Waals surface area contributed by atoms with Crippen LogP contribution in [0.2, 0.25) is 0 Å². The first kappa shape index (κ1) is 16.1. The lowest BCUT2D eigenvalue weighted by molar-refractivity contribution is 0.699. The molecule has 0 unspecified atom stereocenters. The number of hydrogen-bond acceptors (Lipinski definition) is 4. The Morgan fingerprint density at radius 1 is 1.08 bits per heavy atom. The molecule has 24 heavy (non-hydrogen) atoms. The summed E-state index contributed by atoms with van der Waals surface area (Å²) in [5.41, 5.74) is 4.29. The standard InChI is InChI=1S/C20H22N2S2/c1-13(2)15-9-7-14(8-10-15)11-23-19-18-16-5-3-4-6-17(16)24-20(18)22-12-21-19/h7-10,12-13H,3-6,11H2,1-2H3. The molecule has 0 amide bonds. The fourth-order valence-corrected chi connectivity index (χ4v) is 5.60. The van der Waals surface area contributed by atoms with E-state index in [1.54, 1.807) is 11.2 Å². The van der Waals surface area contributed by atoms with E-state index in [0.29, 0.717) is 5.92 Å². The van der Waals surface area contributed by atoms with E-state index in [4.69, 9.17) is 0 Å².